The molecule has 1 heterocycles. The van der Waals surface area contributed by atoms with Gasteiger partial charge in [0.15, 0.2) is 0 Å². The number of fused-ring (bicyclic) bond motifs is 1. The molecule has 0 aliphatic heterocycles. The monoisotopic (exact) mass is 307 g/mol. The highest BCUT2D eigenvalue weighted by Crippen LogP contribution is 2.25. The van der Waals surface area contributed by atoms with E-state index in [9.17, 15) is 4.79 Å². The molecule has 23 heavy (non-hydrogen) atoms. The summed E-state index contributed by atoms with van der Waals surface area (Å²) >= 11 is 0. The predicted molar refractivity (Wildman–Crippen MR) is 90.7 cm³/mol. The lowest BCUT2D eigenvalue weighted by Crippen LogP contribution is -2.13. The fourth-order valence-corrected chi connectivity index (χ4v) is 2.42. The van der Waals surface area contributed by atoms with Crippen LogP contribution in [0.2, 0.25) is 0 Å². The van der Waals surface area contributed by atoms with E-state index in [0.29, 0.717) is 12.5 Å². The van der Waals surface area contributed by atoms with Gasteiger partial charge in [0.1, 0.15) is 5.75 Å². The molecular weight excluding hydrogens is 290 g/mol. The average molecular weight is 307 g/mol. The quantitative estimate of drug-likeness (QED) is 0.736. The first kappa shape index (κ1) is 14.8. The number of carbonyl (C=O) groups is 1. The molecule has 116 valence electrons. The van der Waals surface area contributed by atoms with E-state index in [-0.39, 0.29) is 5.91 Å². The maximum atomic E-state index is 11.7. The summed E-state index contributed by atoms with van der Waals surface area (Å²) < 4.78 is 7.20. The van der Waals surface area contributed by atoms with Crippen LogP contribution in [0.15, 0.2) is 61.2 Å². The summed E-state index contributed by atoms with van der Waals surface area (Å²) in [6.45, 7) is 4.09. The molecule has 0 fully saturated rings. The van der Waals surface area contributed by atoms with Crippen LogP contribution in [0.1, 0.15) is 5.56 Å². The van der Waals surface area contributed by atoms with Gasteiger partial charge in [-0.1, -0.05) is 36.9 Å². The van der Waals surface area contributed by atoms with E-state index < -0.39 is 0 Å². The molecule has 0 atom stereocenters. The van der Waals surface area contributed by atoms with Crippen LogP contribution < -0.4 is 10.1 Å². The molecule has 0 aliphatic carbocycles. The average Bonchev–Trinajstić information content (AvgIpc) is 2.92. The van der Waals surface area contributed by atoms with E-state index in [1.165, 1.54) is 6.08 Å². The first-order chi connectivity index (χ1) is 11.2. The Morgan fingerprint density at radius 1 is 1.30 bits per heavy atom. The fourth-order valence-electron chi connectivity index (χ4n) is 2.42. The summed E-state index contributed by atoms with van der Waals surface area (Å²) in [4.78, 5) is 16.2. The van der Waals surface area contributed by atoms with Crippen LogP contribution in [0.3, 0.4) is 0 Å². The first-order valence-electron chi connectivity index (χ1n) is 7.23. The Bertz CT molecular complexity index is 853. The Hall–Kier alpha value is -3.08. The van der Waals surface area contributed by atoms with Gasteiger partial charge in [0.2, 0.25) is 11.9 Å². The number of nitrogens with one attached hydrogen (secondary N) is 1. The second-order valence-electron chi connectivity index (χ2n) is 5.06. The van der Waals surface area contributed by atoms with Crippen LogP contribution >= 0.6 is 0 Å². The van der Waals surface area contributed by atoms with Gasteiger partial charge in [0.05, 0.1) is 24.7 Å². The van der Waals surface area contributed by atoms with Crippen molar-refractivity contribution in [2.24, 2.45) is 0 Å². The predicted octanol–water partition coefficient (Wildman–Crippen LogP) is 3.22. The lowest BCUT2D eigenvalue weighted by Gasteiger charge is -2.09. The number of benzene rings is 2. The van der Waals surface area contributed by atoms with Crippen molar-refractivity contribution in [1.82, 2.24) is 9.55 Å². The van der Waals surface area contributed by atoms with Crippen molar-refractivity contribution in [2.45, 2.75) is 6.54 Å². The number of anilines is 1. The largest absolute Gasteiger partial charge is 0.497 e. The normalized spacial score (nSPS) is 10.5. The molecule has 3 rings (SSSR count). The molecule has 0 aliphatic rings. The van der Waals surface area contributed by atoms with Crippen molar-refractivity contribution in [3.05, 3.63) is 66.7 Å². The van der Waals surface area contributed by atoms with Crippen LogP contribution in [0.25, 0.3) is 11.0 Å². The Kier molecular flexibility index (Phi) is 4.10. The van der Waals surface area contributed by atoms with Gasteiger partial charge in [0, 0.05) is 6.07 Å². The van der Waals surface area contributed by atoms with Crippen molar-refractivity contribution < 1.29 is 9.53 Å². The van der Waals surface area contributed by atoms with E-state index in [2.05, 4.69) is 16.9 Å². The molecule has 0 saturated heterocycles. The Balaban J connectivity index is 2.09. The highest BCUT2D eigenvalue weighted by molar-refractivity contribution is 5.99. The zero-order valence-corrected chi connectivity index (χ0v) is 12.8. The number of aromatic nitrogens is 2. The fraction of sp³-hybridized carbons (Fsp3) is 0.111. The van der Waals surface area contributed by atoms with Crippen LogP contribution in [0.4, 0.5) is 5.95 Å². The number of hydrogen-bond donors (Lipinski definition) is 1. The third-order valence-corrected chi connectivity index (χ3v) is 3.56. The number of imidazole rings is 1. The first-order valence-corrected chi connectivity index (χ1v) is 7.23. The highest BCUT2D eigenvalue weighted by atomic mass is 16.5. The third-order valence-electron chi connectivity index (χ3n) is 3.56. The Labute approximate surface area is 134 Å². The standard InChI is InChI=1S/C18H17N3O2/c1-3-17(22)20-18-19-15-11-14(23-2)9-10-16(15)21(18)12-13-7-5-4-6-8-13/h3-11H,1,12H2,2H3,(H,19,20,22). The summed E-state index contributed by atoms with van der Waals surface area (Å²) in [5, 5.41) is 2.76. The van der Waals surface area contributed by atoms with Gasteiger partial charge in [-0.05, 0) is 23.8 Å². The van der Waals surface area contributed by atoms with E-state index >= 15 is 0 Å². The van der Waals surface area contributed by atoms with Crippen LogP contribution in [0, 0.1) is 0 Å². The zero-order chi connectivity index (χ0) is 16.2. The van der Waals surface area contributed by atoms with E-state index in [1.807, 2.05) is 53.1 Å². The molecule has 0 spiro atoms. The smallest absolute Gasteiger partial charge is 0.250 e. The number of hydrogen-bond acceptors (Lipinski definition) is 3. The highest BCUT2D eigenvalue weighted by Gasteiger charge is 2.13. The van der Waals surface area contributed by atoms with Gasteiger partial charge in [-0.3, -0.25) is 10.1 Å². The number of ether oxygens (including phenoxy) is 1. The molecule has 0 saturated carbocycles. The SMILES string of the molecule is C=CC(=O)Nc1nc2cc(OC)ccc2n1Cc1ccccc1. The minimum atomic E-state index is -0.290. The third kappa shape index (κ3) is 3.08. The van der Waals surface area contributed by atoms with Crippen molar-refractivity contribution in [3.63, 3.8) is 0 Å². The lowest BCUT2D eigenvalue weighted by molar-refractivity contribution is -0.111. The molecule has 0 bridgehead atoms. The van der Waals surface area contributed by atoms with Gasteiger partial charge in [-0.25, -0.2) is 4.98 Å². The van der Waals surface area contributed by atoms with Crippen molar-refractivity contribution in [1.29, 1.82) is 0 Å². The minimum absolute atomic E-state index is 0.290. The summed E-state index contributed by atoms with van der Waals surface area (Å²) in [7, 11) is 1.61. The molecule has 0 unspecified atom stereocenters. The molecule has 1 aromatic heterocycles. The van der Waals surface area contributed by atoms with E-state index in [0.717, 1.165) is 22.3 Å². The zero-order valence-electron chi connectivity index (χ0n) is 12.8. The number of methoxy groups -OCH3 is 1. The summed E-state index contributed by atoms with van der Waals surface area (Å²) in [6.07, 6.45) is 1.23. The van der Waals surface area contributed by atoms with E-state index in [1.54, 1.807) is 7.11 Å². The molecule has 5 heteroatoms. The van der Waals surface area contributed by atoms with Gasteiger partial charge < -0.3 is 9.30 Å². The van der Waals surface area contributed by atoms with E-state index in [4.69, 9.17) is 4.74 Å². The van der Waals surface area contributed by atoms with Crippen LogP contribution in [-0.2, 0) is 11.3 Å². The minimum Gasteiger partial charge on any atom is -0.497 e. The maximum Gasteiger partial charge on any atom is 0.250 e. The molecule has 1 N–H and O–H groups in total. The second kappa shape index (κ2) is 6.36. The second-order valence-corrected chi connectivity index (χ2v) is 5.06. The van der Waals surface area contributed by atoms with Gasteiger partial charge in [-0.15, -0.1) is 0 Å². The number of nitrogens with zero attached hydrogens (tertiary/aromatic N) is 2. The maximum absolute atomic E-state index is 11.7. The molecule has 1 amide bonds. The lowest BCUT2D eigenvalue weighted by atomic mass is 10.2. The number of amides is 1. The molecular formula is C18H17N3O2. The van der Waals surface area contributed by atoms with Gasteiger partial charge in [0.25, 0.3) is 0 Å². The molecule has 3 aromatic rings. The summed E-state index contributed by atoms with van der Waals surface area (Å²) in [5.74, 6) is 0.923. The molecule has 5 nitrogen and oxygen atoms in total. The van der Waals surface area contributed by atoms with Crippen LogP contribution in [-0.4, -0.2) is 22.6 Å². The van der Waals surface area contributed by atoms with Crippen molar-refractivity contribution >= 4 is 22.9 Å². The Morgan fingerprint density at radius 3 is 2.78 bits per heavy atom. The van der Waals surface area contributed by atoms with Gasteiger partial charge in [-0.2, -0.15) is 0 Å². The van der Waals surface area contributed by atoms with Crippen LogP contribution in [0.5, 0.6) is 5.75 Å². The molecule has 0 radical (unpaired) electrons. The number of carbonyl (C=O) groups excluding carboxylic acids is 1. The van der Waals surface area contributed by atoms with Crippen molar-refractivity contribution in [3.8, 4) is 5.75 Å². The van der Waals surface area contributed by atoms with Gasteiger partial charge >= 0.3 is 0 Å². The Morgan fingerprint density at radius 2 is 2.09 bits per heavy atom. The number of rotatable bonds is 5. The summed E-state index contributed by atoms with van der Waals surface area (Å²) in [5.41, 5.74) is 2.81. The van der Waals surface area contributed by atoms with Crippen molar-refractivity contribution in [2.75, 3.05) is 12.4 Å². The molecule has 2 aromatic carbocycles. The summed E-state index contributed by atoms with van der Waals surface area (Å²) in [6, 6.07) is 15.7. The topological polar surface area (TPSA) is 56.1 Å².